The molecule has 2 N–H and O–H groups in total. The summed E-state index contributed by atoms with van der Waals surface area (Å²) >= 11 is 0. The first-order valence-corrected chi connectivity index (χ1v) is 10.6. The van der Waals surface area contributed by atoms with E-state index in [0.717, 1.165) is 61.3 Å². The van der Waals surface area contributed by atoms with E-state index >= 15 is 0 Å². The Labute approximate surface area is 167 Å². The molecule has 1 saturated heterocycles. The number of nitrogen functional groups attached to an aromatic ring is 1. The molecule has 2 fully saturated rings. The minimum absolute atomic E-state index is 0.245. The van der Waals surface area contributed by atoms with Crippen LogP contribution >= 0.6 is 0 Å². The van der Waals surface area contributed by atoms with Crippen LogP contribution in [0.5, 0.6) is 0 Å². The van der Waals surface area contributed by atoms with Crippen molar-refractivity contribution < 1.29 is 4.79 Å². The Hall–Kier alpha value is -2.43. The summed E-state index contributed by atoms with van der Waals surface area (Å²) in [5.41, 5.74) is 9.98. The standard InChI is InChI=1S/C23H30N4O/c1-16-12-20(18-9-10-22(24)25-14-18)13-21(26-16)19-8-5-11-27(15-19)23(28)17-6-3-2-4-7-17/h9-10,12-14,17,19H,2-8,11,15H2,1H3,(H2,24,25)/t19-/m0/s1. The van der Waals surface area contributed by atoms with Gasteiger partial charge in [-0.15, -0.1) is 0 Å². The smallest absolute Gasteiger partial charge is 0.225 e. The van der Waals surface area contributed by atoms with Crippen LogP contribution in [0.3, 0.4) is 0 Å². The van der Waals surface area contributed by atoms with Crippen molar-refractivity contribution in [2.75, 3.05) is 18.8 Å². The van der Waals surface area contributed by atoms with Crippen molar-refractivity contribution in [1.82, 2.24) is 14.9 Å². The van der Waals surface area contributed by atoms with Crippen molar-refractivity contribution in [3.8, 4) is 11.1 Å². The van der Waals surface area contributed by atoms with Gasteiger partial charge in [-0.3, -0.25) is 9.78 Å². The molecule has 5 nitrogen and oxygen atoms in total. The molecule has 1 aliphatic carbocycles. The van der Waals surface area contributed by atoms with Gasteiger partial charge >= 0.3 is 0 Å². The van der Waals surface area contributed by atoms with Crippen LogP contribution in [0.15, 0.2) is 30.5 Å². The van der Waals surface area contributed by atoms with E-state index in [-0.39, 0.29) is 5.92 Å². The topological polar surface area (TPSA) is 72.1 Å². The van der Waals surface area contributed by atoms with Gasteiger partial charge in [0.15, 0.2) is 0 Å². The first-order chi connectivity index (χ1) is 13.6. The van der Waals surface area contributed by atoms with E-state index in [1.807, 2.05) is 25.3 Å². The summed E-state index contributed by atoms with van der Waals surface area (Å²) in [6, 6.07) is 8.08. The van der Waals surface area contributed by atoms with Crippen molar-refractivity contribution in [3.05, 3.63) is 41.9 Å². The third-order valence-corrected chi connectivity index (χ3v) is 6.20. The molecule has 148 valence electrons. The molecule has 1 amide bonds. The van der Waals surface area contributed by atoms with Crippen molar-refractivity contribution in [1.29, 1.82) is 0 Å². The molecule has 0 radical (unpaired) electrons. The van der Waals surface area contributed by atoms with E-state index in [4.69, 9.17) is 10.7 Å². The number of amides is 1. The number of carbonyl (C=O) groups excluding carboxylic acids is 1. The van der Waals surface area contributed by atoms with E-state index in [9.17, 15) is 4.79 Å². The number of piperidine rings is 1. The summed E-state index contributed by atoms with van der Waals surface area (Å²) in [4.78, 5) is 24.2. The molecular formula is C23H30N4O. The molecule has 0 spiro atoms. The Kier molecular flexibility index (Phi) is 5.60. The number of hydrogen-bond donors (Lipinski definition) is 1. The predicted octanol–water partition coefficient (Wildman–Crippen LogP) is 4.32. The maximum absolute atomic E-state index is 13.0. The number of aryl methyl sites for hydroxylation is 1. The first kappa shape index (κ1) is 18.9. The van der Waals surface area contributed by atoms with Gasteiger partial charge in [0.1, 0.15) is 5.82 Å². The summed E-state index contributed by atoms with van der Waals surface area (Å²) in [5.74, 6) is 1.45. The average molecular weight is 379 g/mol. The van der Waals surface area contributed by atoms with Gasteiger partial charge < -0.3 is 10.6 Å². The lowest BCUT2D eigenvalue weighted by atomic mass is 9.86. The van der Waals surface area contributed by atoms with E-state index in [2.05, 4.69) is 22.0 Å². The number of nitrogens with zero attached hydrogens (tertiary/aromatic N) is 3. The lowest BCUT2D eigenvalue weighted by Crippen LogP contribution is -2.43. The number of carbonyl (C=O) groups is 1. The highest BCUT2D eigenvalue weighted by molar-refractivity contribution is 5.79. The van der Waals surface area contributed by atoms with E-state index < -0.39 is 0 Å². The van der Waals surface area contributed by atoms with Crippen LogP contribution in [-0.4, -0.2) is 33.9 Å². The second-order valence-corrected chi connectivity index (χ2v) is 8.35. The van der Waals surface area contributed by atoms with Crippen molar-refractivity contribution in [2.45, 2.75) is 57.8 Å². The molecule has 2 aromatic heterocycles. The third-order valence-electron chi connectivity index (χ3n) is 6.20. The van der Waals surface area contributed by atoms with E-state index in [1.54, 1.807) is 0 Å². The normalized spacial score (nSPS) is 20.9. The summed E-state index contributed by atoms with van der Waals surface area (Å²) in [5, 5.41) is 0. The number of anilines is 1. The maximum Gasteiger partial charge on any atom is 0.225 e. The maximum atomic E-state index is 13.0. The largest absolute Gasteiger partial charge is 0.384 e. The number of aromatic nitrogens is 2. The summed E-state index contributed by atoms with van der Waals surface area (Å²) in [6.07, 6.45) is 9.77. The molecule has 1 atom stereocenters. The van der Waals surface area contributed by atoms with Gasteiger partial charge in [-0.2, -0.15) is 0 Å². The lowest BCUT2D eigenvalue weighted by molar-refractivity contribution is -0.137. The third kappa shape index (κ3) is 4.18. The Bertz CT molecular complexity index is 827. The molecule has 1 aliphatic heterocycles. The van der Waals surface area contributed by atoms with Crippen LogP contribution in [-0.2, 0) is 4.79 Å². The van der Waals surface area contributed by atoms with Crippen LogP contribution in [0.2, 0.25) is 0 Å². The molecule has 0 unspecified atom stereocenters. The molecule has 5 heteroatoms. The highest BCUT2D eigenvalue weighted by Gasteiger charge is 2.30. The van der Waals surface area contributed by atoms with Gasteiger partial charge in [0, 0.05) is 48.1 Å². The second-order valence-electron chi connectivity index (χ2n) is 8.35. The van der Waals surface area contributed by atoms with Gasteiger partial charge in [0.25, 0.3) is 0 Å². The lowest BCUT2D eigenvalue weighted by Gasteiger charge is -2.36. The van der Waals surface area contributed by atoms with Crippen LogP contribution in [0.1, 0.15) is 62.3 Å². The molecule has 1 saturated carbocycles. The fourth-order valence-corrected chi connectivity index (χ4v) is 4.67. The SMILES string of the molecule is Cc1cc(-c2ccc(N)nc2)cc([C@H]2CCCN(C(=O)C3CCCCC3)C2)n1. The number of likely N-dealkylation sites (tertiary alicyclic amines) is 1. The number of rotatable bonds is 3. The predicted molar refractivity (Wildman–Crippen MR) is 112 cm³/mol. The minimum Gasteiger partial charge on any atom is -0.384 e. The second kappa shape index (κ2) is 8.29. The van der Waals surface area contributed by atoms with Crippen molar-refractivity contribution >= 4 is 11.7 Å². The summed E-state index contributed by atoms with van der Waals surface area (Å²) in [6.45, 7) is 3.73. The van der Waals surface area contributed by atoms with Crippen LogP contribution in [0.25, 0.3) is 11.1 Å². The van der Waals surface area contributed by atoms with Gasteiger partial charge in [0.2, 0.25) is 5.91 Å². The zero-order chi connectivity index (χ0) is 19.5. The highest BCUT2D eigenvalue weighted by Crippen LogP contribution is 2.32. The summed E-state index contributed by atoms with van der Waals surface area (Å²) < 4.78 is 0. The molecular weight excluding hydrogens is 348 g/mol. The molecule has 3 heterocycles. The van der Waals surface area contributed by atoms with Gasteiger partial charge in [0.05, 0.1) is 0 Å². The minimum atomic E-state index is 0.245. The van der Waals surface area contributed by atoms with Crippen LogP contribution < -0.4 is 5.73 Å². The van der Waals surface area contributed by atoms with E-state index in [1.165, 1.54) is 19.3 Å². The number of pyridine rings is 2. The number of nitrogens with two attached hydrogens (primary N) is 1. The molecule has 4 rings (SSSR count). The van der Waals surface area contributed by atoms with Gasteiger partial charge in [-0.1, -0.05) is 19.3 Å². The Morgan fingerprint density at radius 2 is 1.89 bits per heavy atom. The molecule has 2 aromatic rings. The van der Waals surface area contributed by atoms with Crippen molar-refractivity contribution in [2.24, 2.45) is 5.92 Å². The monoisotopic (exact) mass is 378 g/mol. The van der Waals surface area contributed by atoms with Gasteiger partial charge in [-0.05, 0) is 62.4 Å². The van der Waals surface area contributed by atoms with Crippen LogP contribution in [0.4, 0.5) is 5.82 Å². The van der Waals surface area contributed by atoms with Crippen LogP contribution in [0, 0.1) is 12.8 Å². The van der Waals surface area contributed by atoms with Gasteiger partial charge in [-0.25, -0.2) is 4.98 Å². The fourth-order valence-electron chi connectivity index (χ4n) is 4.67. The first-order valence-electron chi connectivity index (χ1n) is 10.6. The zero-order valence-corrected chi connectivity index (χ0v) is 16.7. The van der Waals surface area contributed by atoms with E-state index in [0.29, 0.717) is 17.6 Å². The fraction of sp³-hybridized carbons (Fsp3) is 0.522. The quantitative estimate of drug-likeness (QED) is 0.863. The molecule has 0 aromatic carbocycles. The molecule has 28 heavy (non-hydrogen) atoms. The Balaban J connectivity index is 1.53. The molecule has 0 bridgehead atoms. The zero-order valence-electron chi connectivity index (χ0n) is 16.7. The average Bonchev–Trinajstić information content (AvgIpc) is 2.74. The number of hydrogen-bond acceptors (Lipinski definition) is 4. The highest BCUT2D eigenvalue weighted by atomic mass is 16.2. The Morgan fingerprint density at radius 3 is 2.64 bits per heavy atom. The summed E-state index contributed by atoms with van der Waals surface area (Å²) in [7, 11) is 0. The Morgan fingerprint density at radius 1 is 1.07 bits per heavy atom. The van der Waals surface area contributed by atoms with Crippen molar-refractivity contribution in [3.63, 3.8) is 0 Å². The molecule has 2 aliphatic rings.